The van der Waals surface area contributed by atoms with Crippen molar-refractivity contribution < 1.29 is 9.90 Å². The Bertz CT molecular complexity index is 366. The summed E-state index contributed by atoms with van der Waals surface area (Å²) in [7, 11) is 0. The number of anilines is 1. The summed E-state index contributed by atoms with van der Waals surface area (Å²) in [6.07, 6.45) is 1.84. The number of aliphatic hydroxyl groups is 1. The van der Waals surface area contributed by atoms with Crippen molar-refractivity contribution in [3.05, 3.63) is 28.2 Å². The molecule has 1 rings (SSSR count). The van der Waals surface area contributed by atoms with Crippen molar-refractivity contribution >= 4 is 27.5 Å². The molecule has 88 valence electrons. The maximum atomic E-state index is 11.5. The van der Waals surface area contributed by atoms with E-state index in [-0.39, 0.29) is 12.5 Å². The summed E-state index contributed by atoms with van der Waals surface area (Å²) < 4.78 is 0.987. The highest BCUT2D eigenvalue weighted by Gasteiger charge is 2.05. The van der Waals surface area contributed by atoms with E-state index in [4.69, 9.17) is 5.11 Å². The Kier molecular flexibility index (Phi) is 5.49. The van der Waals surface area contributed by atoms with Crippen molar-refractivity contribution in [1.82, 2.24) is 0 Å². The number of unbranched alkanes of at least 4 members (excludes halogenated alkanes) is 1. The smallest absolute Gasteiger partial charge is 0.224 e. The van der Waals surface area contributed by atoms with Gasteiger partial charge < -0.3 is 10.4 Å². The largest absolute Gasteiger partial charge is 0.396 e. The van der Waals surface area contributed by atoms with Crippen molar-refractivity contribution in [3.63, 3.8) is 0 Å². The first-order valence-electron chi connectivity index (χ1n) is 5.31. The van der Waals surface area contributed by atoms with Gasteiger partial charge in [0, 0.05) is 23.2 Å². The highest BCUT2D eigenvalue weighted by molar-refractivity contribution is 9.10. The summed E-state index contributed by atoms with van der Waals surface area (Å²) in [5, 5.41) is 11.5. The second-order valence-corrected chi connectivity index (χ2v) is 4.50. The third kappa shape index (κ3) is 3.94. The van der Waals surface area contributed by atoms with E-state index in [0.29, 0.717) is 12.8 Å². The molecule has 0 saturated carbocycles. The van der Waals surface area contributed by atoms with Crippen LogP contribution >= 0.6 is 15.9 Å². The minimum Gasteiger partial charge on any atom is -0.396 e. The Morgan fingerprint density at radius 1 is 1.44 bits per heavy atom. The van der Waals surface area contributed by atoms with Crippen LogP contribution in [0.1, 0.15) is 24.8 Å². The number of amides is 1. The number of benzene rings is 1. The van der Waals surface area contributed by atoms with Gasteiger partial charge >= 0.3 is 0 Å². The molecule has 0 aliphatic rings. The van der Waals surface area contributed by atoms with Gasteiger partial charge in [0.1, 0.15) is 0 Å². The molecule has 0 saturated heterocycles. The molecule has 1 amide bonds. The molecule has 0 atom stereocenters. The number of carbonyl (C=O) groups excluding carboxylic acids is 1. The SMILES string of the molecule is Cc1c(Br)cccc1NC(=O)CCCCO. The van der Waals surface area contributed by atoms with Crippen LogP contribution in [-0.4, -0.2) is 17.6 Å². The van der Waals surface area contributed by atoms with Crippen molar-refractivity contribution in [2.45, 2.75) is 26.2 Å². The number of hydrogen-bond acceptors (Lipinski definition) is 2. The number of aliphatic hydroxyl groups excluding tert-OH is 1. The molecule has 0 unspecified atom stereocenters. The maximum absolute atomic E-state index is 11.5. The van der Waals surface area contributed by atoms with Crippen LogP contribution in [0.25, 0.3) is 0 Å². The van der Waals surface area contributed by atoms with Gasteiger partial charge in [0.05, 0.1) is 0 Å². The summed E-state index contributed by atoms with van der Waals surface area (Å²) in [6, 6.07) is 5.71. The van der Waals surface area contributed by atoms with Crippen molar-refractivity contribution in [1.29, 1.82) is 0 Å². The van der Waals surface area contributed by atoms with Gasteiger partial charge in [0.15, 0.2) is 0 Å². The molecule has 0 spiro atoms. The van der Waals surface area contributed by atoms with Crippen molar-refractivity contribution in [2.75, 3.05) is 11.9 Å². The van der Waals surface area contributed by atoms with Crippen LogP contribution < -0.4 is 5.32 Å². The van der Waals surface area contributed by atoms with Crippen LogP contribution in [0.2, 0.25) is 0 Å². The molecule has 4 heteroatoms. The molecule has 0 aliphatic carbocycles. The molecule has 0 aromatic heterocycles. The van der Waals surface area contributed by atoms with Crippen molar-refractivity contribution in [3.8, 4) is 0 Å². The van der Waals surface area contributed by atoms with Crippen LogP contribution in [0, 0.1) is 6.92 Å². The molecule has 0 radical (unpaired) electrons. The van der Waals surface area contributed by atoms with Crippen LogP contribution in [0.4, 0.5) is 5.69 Å². The van der Waals surface area contributed by atoms with E-state index in [0.717, 1.165) is 22.1 Å². The summed E-state index contributed by atoms with van der Waals surface area (Å²) in [5.74, 6) is -0.00495. The van der Waals surface area contributed by atoms with E-state index in [2.05, 4.69) is 21.2 Å². The first-order chi connectivity index (χ1) is 7.65. The molecule has 0 fully saturated rings. The Morgan fingerprint density at radius 3 is 2.88 bits per heavy atom. The molecule has 0 bridgehead atoms. The minimum atomic E-state index is -0.00495. The fraction of sp³-hybridized carbons (Fsp3) is 0.417. The third-order valence-corrected chi connectivity index (χ3v) is 3.21. The summed E-state index contributed by atoms with van der Waals surface area (Å²) in [5.41, 5.74) is 1.86. The quantitative estimate of drug-likeness (QED) is 0.818. The highest BCUT2D eigenvalue weighted by atomic mass is 79.9. The van der Waals surface area contributed by atoms with Crippen LogP contribution in [0.15, 0.2) is 22.7 Å². The molecule has 2 N–H and O–H groups in total. The number of nitrogens with one attached hydrogen (secondary N) is 1. The topological polar surface area (TPSA) is 49.3 Å². The summed E-state index contributed by atoms with van der Waals surface area (Å²) >= 11 is 3.42. The molecular weight excluding hydrogens is 270 g/mol. The predicted molar refractivity (Wildman–Crippen MR) is 68.4 cm³/mol. The maximum Gasteiger partial charge on any atom is 0.224 e. The zero-order valence-electron chi connectivity index (χ0n) is 9.29. The molecule has 0 heterocycles. The normalized spacial score (nSPS) is 10.2. The molecule has 0 aliphatic heterocycles. The van der Waals surface area contributed by atoms with Gasteiger partial charge in [0.2, 0.25) is 5.91 Å². The van der Waals surface area contributed by atoms with Crippen molar-refractivity contribution in [2.24, 2.45) is 0 Å². The standard InChI is InChI=1S/C12H16BrNO2/c1-9-10(13)5-4-6-11(9)14-12(16)7-2-3-8-15/h4-6,15H,2-3,7-8H2,1H3,(H,14,16). The van der Waals surface area contributed by atoms with E-state index in [1.165, 1.54) is 0 Å². The molecule has 16 heavy (non-hydrogen) atoms. The third-order valence-electron chi connectivity index (χ3n) is 2.35. The average Bonchev–Trinajstić information content (AvgIpc) is 2.25. The van der Waals surface area contributed by atoms with Gasteiger partial charge in [-0.05, 0) is 37.5 Å². The first-order valence-corrected chi connectivity index (χ1v) is 6.10. The summed E-state index contributed by atoms with van der Waals surface area (Å²) in [6.45, 7) is 2.09. The number of halogens is 1. The zero-order valence-corrected chi connectivity index (χ0v) is 10.9. The number of rotatable bonds is 5. The molecule has 1 aromatic rings. The van der Waals surface area contributed by atoms with E-state index >= 15 is 0 Å². The van der Waals surface area contributed by atoms with Gasteiger partial charge in [-0.3, -0.25) is 4.79 Å². The fourth-order valence-corrected chi connectivity index (χ4v) is 1.72. The van der Waals surface area contributed by atoms with Crippen LogP contribution in [0.5, 0.6) is 0 Å². The summed E-state index contributed by atoms with van der Waals surface area (Å²) in [4.78, 5) is 11.5. The fourth-order valence-electron chi connectivity index (χ4n) is 1.35. The second kappa shape index (κ2) is 6.66. The lowest BCUT2D eigenvalue weighted by Gasteiger charge is -2.09. The van der Waals surface area contributed by atoms with Gasteiger partial charge in [-0.25, -0.2) is 0 Å². The van der Waals surface area contributed by atoms with Crippen LogP contribution in [0.3, 0.4) is 0 Å². The Morgan fingerprint density at radius 2 is 2.19 bits per heavy atom. The lowest BCUT2D eigenvalue weighted by molar-refractivity contribution is -0.116. The van der Waals surface area contributed by atoms with E-state index in [1.807, 2.05) is 25.1 Å². The minimum absolute atomic E-state index is 0.00495. The van der Waals surface area contributed by atoms with Crippen LogP contribution in [-0.2, 0) is 4.79 Å². The number of carbonyl (C=O) groups is 1. The number of hydrogen-bond donors (Lipinski definition) is 2. The Balaban J connectivity index is 2.53. The first kappa shape index (κ1) is 13.2. The average molecular weight is 286 g/mol. The lowest BCUT2D eigenvalue weighted by Crippen LogP contribution is -2.12. The van der Waals surface area contributed by atoms with E-state index in [1.54, 1.807) is 0 Å². The second-order valence-electron chi connectivity index (χ2n) is 3.64. The predicted octanol–water partition coefficient (Wildman–Crippen LogP) is 2.86. The van der Waals surface area contributed by atoms with Gasteiger partial charge in [0.25, 0.3) is 0 Å². The lowest BCUT2D eigenvalue weighted by atomic mass is 10.2. The van der Waals surface area contributed by atoms with E-state index < -0.39 is 0 Å². The Labute approximate surface area is 104 Å². The highest BCUT2D eigenvalue weighted by Crippen LogP contribution is 2.23. The van der Waals surface area contributed by atoms with E-state index in [9.17, 15) is 4.79 Å². The van der Waals surface area contributed by atoms with Gasteiger partial charge in [-0.2, -0.15) is 0 Å². The van der Waals surface area contributed by atoms with Gasteiger partial charge in [-0.1, -0.05) is 22.0 Å². The van der Waals surface area contributed by atoms with Gasteiger partial charge in [-0.15, -0.1) is 0 Å². The zero-order chi connectivity index (χ0) is 12.0. The Hall–Kier alpha value is -0.870. The monoisotopic (exact) mass is 285 g/mol. The molecule has 3 nitrogen and oxygen atoms in total. The molecular formula is C12H16BrNO2. The molecule has 1 aromatic carbocycles.